The quantitative estimate of drug-likeness (QED) is 0.789. The first-order chi connectivity index (χ1) is 12.0. The topological polar surface area (TPSA) is 89.6 Å². The van der Waals surface area contributed by atoms with E-state index >= 15 is 0 Å². The van der Waals surface area contributed by atoms with Crippen molar-refractivity contribution < 1.29 is 19.1 Å². The van der Waals surface area contributed by atoms with Gasteiger partial charge in [-0.1, -0.05) is 6.92 Å². The van der Waals surface area contributed by atoms with Crippen LogP contribution >= 0.6 is 11.3 Å². The number of hydrogen-bond acceptors (Lipinski definition) is 6. The third-order valence-electron chi connectivity index (χ3n) is 3.56. The lowest BCUT2D eigenvalue weighted by molar-refractivity contribution is 0.0933. The van der Waals surface area contributed by atoms with E-state index in [-0.39, 0.29) is 23.6 Å². The summed E-state index contributed by atoms with van der Waals surface area (Å²) >= 11 is 1.19. The minimum atomic E-state index is -0.361. The van der Waals surface area contributed by atoms with Crippen LogP contribution in [0.4, 0.5) is 5.13 Å². The van der Waals surface area contributed by atoms with Crippen LogP contribution in [0.2, 0.25) is 0 Å². The van der Waals surface area contributed by atoms with Crippen LogP contribution in [-0.2, 0) is 0 Å². The average Bonchev–Trinajstić information content (AvgIpc) is 3.09. The zero-order chi connectivity index (χ0) is 18.4. The molecule has 0 aliphatic heterocycles. The maximum absolute atomic E-state index is 12.4. The highest BCUT2D eigenvalue weighted by atomic mass is 32.1. The Labute approximate surface area is 150 Å². The molecule has 2 rings (SSSR count). The number of amides is 2. The Morgan fingerprint density at radius 3 is 2.36 bits per heavy atom. The molecule has 2 amide bonds. The number of thiazole rings is 1. The summed E-state index contributed by atoms with van der Waals surface area (Å²) in [5.41, 5.74) is 0.654. The van der Waals surface area contributed by atoms with Gasteiger partial charge in [-0.2, -0.15) is 0 Å². The molecule has 1 aromatic heterocycles. The Balaban J connectivity index is 2.10. The summed E-state index contributed by atoms with van der Waals surface area (Å²) in [6, 6.07) is 4.94. The number of hydrogen-bond donors (Lipinski definition) is 2. The summed E-state index contributed by atoms with van der Waals surface area (Å²) in [5.74, 6) is 0.407. The fourth-order valence-electron chi connectivity index (χ4n) is 1.94. The van der Waals surface area contributed by atoms with Crippen molar-refractivity contribution in [2.24, 2.45) is 0 Å². The number of rotatable bonds is 7. The van der Waals surface area contributed by atoms with Gasteiger partial charge >= 0.3 is 0 Å². The highest BCUT2D eigenvalue weighted by Gasteiger charge is 2.15. The Morgan fingerprint density at radius 1 is 1.16 bits per heavy atom. The predicted molar refractivity (Wildman–Crippen MR) is 96.8 cm³/mol. The van der Waals surface area contributed by atoms with Crippen LogP contribution < -0.4 is 20.1 Å². The molecule has 25 heavy (non-hydrogen) atoms. The number of nitrogens with zero attached hydrogens (tertiary/aromatic N) is 1. The molecule has 0 unspecified atom stereocenters. The van der Waals surface area contributed by atoms with Gasteiger partial charge in [0.2, 0.25) is 0 Å². The number of carbonyl (C=O) groups is 2. The van der Waals surface area contributed by atoms with Crippen molar-refractivity contribution in [1.29, 1.82) is 0 Å². The highest BCUT2D eigenvalue weighted by Crippen LogP contribution is 2.24. The maximum Gasteiger partial charge on any atom is 0.271 e. The predicted octanol–water partition coefficient (Wildman–Crippen LogP) is 2.94. The van der Waals surface area contributed by atoms with Crippen LogP contribution in [0.1, 0.15) is 41.1 Å². The van der Waals surface area contributed by atoms with Crippen LogP contribution in [0, 0.1) is 0 Å². The molecule has 8 heteroatoms. The standard InChI is InChI=1S/C17H21N3O4S/c1-5-10(2)18-16(22)14-9-25-17(19-14)20-15(21)11-6-12(23-3)8-13(7-11)24-4/h6-10H,5H2,1-4H3,(H,18,22)(H,19,20,21)/t10-/m0/s1. The number of ether oxygens (including phenoxy) is 2. The molecule has 2 aromatic rings. The van der Waals surface area contributed by atoms with Crippen LogP contribution in [0.25, 0.3) is 0 Å². The molecule has 7 nitrogen and oxygen atoms in total. The van der Waals surface area contributed by atoms with Crippen LogP contribution in [-0.4, -0.2) is 37.1 Å². The number of nitrogens with one attached hydrogen (secondary N) is 2. The molecule has 0 aliphatic rings. The zero-order valence-electron chi connectivity index (χ0n) is 14.6. The molecule has 0 bridgehead atoms. The van der Waals surface area contributed by atoms with E-state index in [0.717, 1.165) is 6.42 Å². The first kappa shape index (κ1) is 18.7. The average molecular weight is 363 g/mol. The first-order valence-corrected chi connectivity index (χ1v) is 8.65. The third kappa shape index (κ3) is 4.93. The van der Waals surface area contributed by atoms with Crippen molar-refractivity contribution in [2.45, 2.75) is 26.3 Å². The van der Waals surface area contributed by atoms with Gasteiger partial charge < -0.3 is 14.8 Å². The fraction of sp³-hybridized carbons (Fsp3) is 0.353. The molecule has 0 radical (unpaired) electrons. The van der Waals surface area contributed by atoms with Crippen molar-refractivity contribution in [3.05, 3.63) is 34.8 Å². The fourth-order valence-corrected chi connectivity index (χ4v) is 2.63. The molecule has 134 valence electrons. The van der Waals surface area contributed by atoms with Crippen molar-refractivity contribution >= 4 is 28.3 Å². The second kappa shape index (κ2) is 8.48. The van der Waals surface area contributed by atoms with E-state index in [1.54, 1.807) is 23.6 Å². The normalized spacial score (nSPS) is 11.5. The first-order valence-electron chi connectivity index (χ1n) is 7.77. The summed E-state index contributed by atoms with van der Waals surface area (Å²) in [7, 11) is 3.03. The molecule has 0 saturated heterocycles. The van der Waals surface area contributed by atoms with E-state index in [1.165, 1.54) is 25.6 Å². The van der Waals surface area contributed by atoms with E-state index in [1.807, 2.05) is 13.8 Å². The second-order valence-electron chi connectivity index (χ2n) is 5.38. The lowest BCUT2D eigenvalue weighted by Gasteiger charge is -2.09. The minimum absolute atomic E-state index is 0.0662. The summed E-state index contributed by atoms with van der Waals surface area (Å²) in [5, 5.41) is 7.47. The molecule has 0 spiro atoms. The van der Waals surface area contributed by atoms with Crippen LogP contribution in [0.5, 0.6) is 11.5 Å². The van der Waals surface area contributed by atoms with Crippen molar-refractivity contribution in [1.82, 2.24) is 10.3 Å². The molecule has 0 aliphatic carbocycles. The van der Waals surface area contributed by atoms with Gasteiger partial charge in [-0.15, -0.1) is 11.3 Å². The number of carbonyl (C=O) groups excluding carboxylic acids is 2. The molecule has 0 saturated carbocycles. The summed E-state index contributed by atoms with van der Waals surface area (Å²) in [6.45, 7) is 3.91. The van der Waals surface area contributed by atoms with E-state index in [0.29, 0.717) is 22.2 Å². The molecule has 0 fully saturated rings. The van der Waals surface area contributed by atoms with Gasteiger partial charge in [0.15, 0.2) is 5.13 Å². The molecule has 1 atom stereocenters. The van der Waals surface area contributed by atoms with Gasteiger partial charge in [0, 0.05) is 23.1 Å². The highest BCUT2D eigenvalue weighted by molar-refractivity contribution is 7.14. The third-order valence-corrected chi connectivity index (χ3v) is 4.32. The lowest BCUT2D eigenvalue weighted by Crippen LogP contribution is -2.32. The number of methoxy groups -OCH3 is 2. The van der Waals surface area contributed by atoms with Gasteiger partial charge in [0.1, 0.15) is 17.2 Å². The van der Waals surface area contributed by atoms with Gasteiger partial charge in [0.25, 0.3) is 11.8 Å². The van der Waals surface area contributed by atoms with Gasteiger partial charge in [0.05, 0.1) is 14.2 Å². The van der Waals surface area contributed by atoms with E-state index in [9.17, 15) is 9.59 Å². The van der Waals surface area contributed by atoms with Gasteiger partial charge in [-0.3, -0.25) is 14.9 Å². The molecule has 2 N–H and O–H groups in total. The smallest absolute Gasteiger partial charge is 0.271 e. The number of benzene rings is 1. The lowest BCUT2D eigenvalue weighted by atomic mass is 10.2. The largest absolute Gasteiger partial charge is 0.497 e. The van der Waals surface area contributed by atoms with Crippen LogP contribution in [0.15, 0.2) is 23.6 Å². The Bertz CT molecular complexity index is 738. The van der Waals surface area contributed by atoms with Crippen LogP contribution in [0.3, 0.4) is 0 Å². The summed E-state index contributed by atoms with van der Waals surface area (Å²) in [6.07, 6.45) is 0.830. The Morgan fingerprint density at radius 2 is 1.80 bits per heavy atom. The van der Waals surface area contributed by atoms with E-state index < -0.39 is 0 Å². The van der Waals surface area contributed by atoms with Gasteiger partial charge in [-0.05, 0) is 25.5 Å². The van der Waals surface area contributed by atoms with Crippen molar-refractivity contribution in [2.75, 3.05) is 19.5 Å². The number of anilines is 1. The van der Waals surface area contributed by atoms with E-state index in [4.69, 9.17) is 9.47 Å². The molecular weight excluding hydrogens is 342 g/mol. The zero-order valence-corrected chi connectivity index (χ0v) is 15.4. The molecular formula is C17H21N3O4S. The van der Waals surface area contributed by atoms with Gasteiger partial charge in [-0.25, -0.2) is 4.98 Å². The summed E-state index contributed by atoms with van der Waals surface area (Å²) < 4.78 is 10.3. The monoisotopic (exact) mass is 363 g/mol. The van der Waals surface area contributed by atoms with Crippen molar-refractivity contribution in [3.8, 4) is 11.5 Å². The summed E-state index contributed by atoms with van der Waals surface area (Å²) in [4.78, 5) is 28.6. The number of aromatic nitrogens is 1. The second-order valence-corrected chi connectivity index (χ2v) is 6.23. The van der Waals surface area contributed by atoms with Crippen molar-refractivity contribution in [3.63, 3.8) is 0 Å². The minimum Gasteiger partial charge on any atom is -0.497 e. The SMILES string of the molecule is CC[C@H](C)NC(=O)c1csc(NC(=O)c2cc(OC)cc(OC)c2)n1. The Hall–Kier alpha value is -2.61. The maximum atomic E-state index is 12.4. The molecule has 1 aromatic carbocycles. The van der Waals surface area contributed by atoms with E-state index in [2.05, 4.69) is 15.6 Å². The molecule has 1 heterocycles. The Kier molecular flexibility index (Phi) is 6.35.